The fourth-order valence-electron chi connectivity index (χ4n) is 2.57. The highest BCUT2D eigenvalue weighted by atomic mass is 16.5. The molecule has 1 saturated carbocycles. The highest BCUT2D eigenvalue weighted by molar-refractivity contribution is 5.04. The largest absolute Gasteiger partial charge is 0.392 e. The summed E-state index contributed by atoms with van der Waals surface area (Å²) in [5, 5.41) is 9.78. The fourth-order valence-corrected chi connectivity index (χ4v) is 2.57. The first-order valence-corrected chi connectivity index (χ1v) is 5.17. The Bertz CT molecular complexity index is 173. The van der Waals surface area contributed by atoms with Crippen molar-refractivity contribution in [2.24, 2.45) is 5.41 Å². The molecule has 0 unspecified atom stereocenters. The molecule has 2 atom stereocenters. The molecular weight excluding hydrogens is 168 g/mol. The Labute approximate surface area is 79.0 Å². The van der Waals surface area contributed by atoms with Crippen LogP contribution in [0.25, 0.3) is 0 Å². The second-order valence-corrected chi connectivity index (χ2v) is 4.04. The Hall–Kier alpha value is -0.120. The zero-order chi connectivity index (χ0) is 9.31. The second-order valence-electron chi connectivity index (χ2n) is 4.04. The van der Waals surface area contributed by atoms with Gasteiger partial charge in [-0.25, -0.2) is 0 Å². The zero-order valence-electron chi connectivity index (χ0n) is 8.16. The fraction of sp³-hybridized carbons (Fsp3) is 1.00. The van der Waals surface area contributed by atoms with Gasteiger partial charge in [0.05, 0.1) is 12.2 Å². The minimum absolute atomic E-state index is 0.0360. The summed E-state index contributed by atoms with van der Waals surface area (Å²) in [7, 11) is 0. The molecule has 76 valence electrons. The molecule has 1 N–H and O–H groups in total. The van der Waals surface area contributed by atoms with Crippen molar-refractivity contribution in [2.75, 3.05) is 19.8 Å². The lowest BCUT2D eigenvalue weighted by atomic mass is 9.59. The van der Waals surface area contributed by atoms with Crippen LogP contribution in [-0.2, 0) is 9.47 Å². The molecular formula is C10H18O3. The summed E-state index contributed by atoms with van der Waals surface area (Å²) >= 11 is 0. The second kappa shape index (κ2) is 3.56. The molecule has 0 aromatic rings. The normalized spacial score (nSPS) is 37.4. The summed E-state index contributed by atoms with van der Waals surface area (Å²) in [6, 6.07) is 0. The minimum atomic E-state index is -0.159. The Morgan fingerprint density at radius 3 is 2.69 bits per heavy atom. The smallest absolute Gasteiger partial charge is 0.0682 e. The van der Waals surface area contributed by atoms with Gasteiger partial charge in [0.1, 0.15) is 0 Å². The first kappa shape index (κ1) is 9.44. The van der Waals surface area contributed by atoms with Gasteiger partial charge in [0, 0.05) is 31.7 Å². The van der Waals surface area contributed by atoms with Crippen molar-refractivity contribution in [1.82, 2.24) is 0 Å². The van der Waals surface area contributed by atoms with Crippen LogP contribution in [0.5, 0.6) is 0 Å². The molecule has 1 aliphatic carbocycles. The van der Waals surface area contributed by atoms with Crippen LogP contribution in [-0.4, -0.2) is 37.1 Å². The van der Waals surface area contributed by atoms with E-state index in [1.54, 1.807) is 0 Å². The maximum Gasteiger partial charge on any atom is 0.0682 e. The number of rotatable bonds is 2. The van der Waals surface area contributed by atoms with E-state index in [4.69, 9.17) is 9.47 Å². The number of hydrogen-bond acceptors (Lipinski definition) is 3. The molecule has 1 saturated heterocycles. The standard InChI is InChI=1S/C10H18O3/c1-2-13-9-7-8(11)10(9)3-5-12-6-4-10/h8-9,11H,2-7H2,1H3/t8-,9-/m0/s1. The minimum Gasteiger partial charge on any atom is -0.392 e. The summed E-state index contributed by atoms with van der Waals surface area (Å²) in [6.07, 6.45) is 2.84. The quantitative estimate of drug-likeness (QED) is 0.698. The maximum atomic E-state index is 9.78. The van der Waals surface area contributed by atoms with Gasteiger partial charge >= 0.3 is 0 Å². The molecule has 1 spiro atoms. The molecule has 2 fully saturated rings. The van der Waals surface area contributed by atoms with E-state index in [9.17, 15) is 5.11 Å². The predicted molar refractivity (Wildman–Crippen MR) is 48.5 cm³/mol. The van der Waals surface area contributed by atoms with Crippen molar-refractivity contribution in [3.8, 4) is 0 Å². The van der Waals surface area contributed by atoms with Crippen LogP contribution in [0.3, 0.4) is 0 Å². The molecule has 0 amide bonds. The summed E-state index contributed by atoms with van der Waals surface area (Å²) in [5.74, 6) is 0. The lowest BCUT2D eigenvalue weighted by molar-refractivity contribution is -0.220. The number of aliphatic hydroxyl groups excluding tert-OH is 1. The van der Waals surface area contributed by atoms with E-state index in [0.29, 0.717) is 0 Å². The van der Waals surface area contributed by atoms with E-state index < -0.39 is 0 Å². The van der Waals surface area contributed by atoms with Gasteiger partial charge in [-0.05, 0) is 19.8 Å². The third-order valence-corrected chi connectivity index (χ3v) is 3.53. The number of aliphatic hydroxyl groups is 1. The molecule has 0 aromatic heterocycles. The summed E-state index contributed by atoms with van der Waals surface area (Å²) in [4.78, 5) is 0. The van der Waals surface area contributed by atoms with Gasteiger partial charge in [-0.3, -0.25) is 0 Å². The van der Waals surface area contributed by atoms with E-state index in [2.05, 4.69) is 0 Å². The van der Waals surface area contributed by atoms with E-state index in [1.165, 1.54) is 0 Å². The SMILES string of the molecule is CCO[C@H]1C[C@H](O)C12CCOCC2. The van der Waals surface area contributed by atoms with Crippen LogP contribution in [0.1, 0.15) is 26.2 Å². The first-order chi connectivity index (χ1) is 6.29. The van der Waals surface area contributed by atoms with Crippen LogP contribution in [0.2, 0.25) is 0 Å². The van der Waals surface area contributed by atoms with Gasteiger partial charge in [-0.1, -0.05) is 0 Å². The Morgan fingerprint density at radius 1 is 1.46 bits per heavy atom. The zero-order valence-corrected chi connectivity index (χ0v) is 8.16. The summed E-state index contributed by atoms with van der Waals surface area (Å²) < 4.78 is 10.9. The van der Waals surface area contributed by atoms with Crippen LogP contribution < -0.4 is 0 Å². The summed E-state index contributed by atoms with van der Waals surface area (Å²) in [5.41, 5.74) is 0.0360. The van der Waals surface area contributed by atoms with Crippen molar-refractivity contribution in [1.29, 1.82) is 0 Å². The first-order valence-electron chi connectivity index (χ1n) is 5.17. The Morgan fingerprint density at radius 2 is 2.15 bits per heavy atom. The molecule has 13 heavy (non-hydrogen) atoms. The molecule has 3 heteroatoms. The van der Waals surface area contributed by atoms with Gasteiger partial charge in [-0.2, -0.15) is 0 Å². The topological polar surface area (TPSA) is 38.7 Å². The van der Waals surface area contributed by atoms with E-state index in [1.807, 2.05) is 6.92 Å². The van der Waals surface area contributed by atoms with Crippen LogP contribution in [0.15, 0.2) is 0 Å². The van der Waals surface area contributed by atoms with Crippen molar-refractivity contribution < 1.29 is 14.6 Å². The monoisotopic (exact) mass is 186 g/mol. The average molecular weight is 186 g/mol. The van der Waals surface area contributed by atoms with Gasteiger partial charge in [0.25, 0.3) is 0 Å². The third-order valence-electron chi connectivity index (χ3n) is 3.53. The van der Waals surface area contributed by atoms with Crippen LogP contribution in [0, 0.1) is 5.41 Å². The maximum absolute atomic E-state index is 9.78. The van der Waals surface area contributed by atoms with Crippen molar-refractivity contribution >= 4 is 0 Å². The van der Waals surface area contributed by atoms with E-state index in [0.717, 1.165) is 39.1 Å². The van der Waals surface area contributed by atoms with Crippen molar-refractivity contribution in [2.45, 2.75) is 38.4 Å². The molecule has 2 aliphatic rings. The van der Waals surface area contributed by atoms with Crippen molar-refractivity contribution in [3.63, 3.8) is 0 Å². The van der Waals surface area contributed by atoms with E-state index >= 15 is 0 Å². The average Bonchev–Trinajstić information content (AvgIpc) is 2.19. The Balaban J connectivity index is 1.99. The predicted octanol–water partition coefficient (Wildman–Crippen LogP) is 0.953. The molecule has 0 aromatic carbocycles. The lowest BCUT2D eigenvalue weighted by Gasteiger charge is -2.54. The molecule has 1 aliphatic heterocycles. The molecule has 0 bridgehead atoms. The Kier molecular flexibility index (Phi) is 2.58. The van der Waals surface area contributed by atoms with Crippen LogP contribution >= 0.6 is 0 Å². The molecule has 2 rings (SSSR count). The molecule has 0 radical (unpaired) electrons. The molecule has 3 nitrogen and oxygen atoms in total. The number of hydrogen-bond donors (Lipinski definition) is 1. The highest BCUT2D eigenvalue weighted by Crippen LogP contribution is 2.50. The number of ether oxygens (including phenoxy) is 2. The van der Waals surface area contributed by atoms with Crippen molar-refractivity contribution in [3.05, 3.63) is 0 Å². The van der Waals surface area contributed by atoms with E-state index in [-0.39, 0.29) is 17.6 Å². The third kappa shape index (κ3) is 1.39. The van der Waals surface area contributed by atoms with Gasteiger partial charge in [0.2, 0.25) is 0 Å². The highest BCUT2D eigenvalue weighted by Gasteiger charge is 2.55. The van der Waals surface area contributed by atoms with Gasteiger partial charge < -0.3 is 14.6 Å². The summed E-state index contributed by atoms with van der Waals surface area (Å²) in [6.45, 7) is 4.32. The van der Waals surface area contributed by atoms with Gasteiger partial charge in [0.15, 0.2) is 0 Å². The van der Waals surface area contributed by atoms with Gasteiger partial charge in [-0.15, -0.1) is 0 Å². The molecule has 1 heterocycles. The van der Waals surface area contributed by atoms with Crippen LogP contribution in [0.4, 0.5) is 0 Å². The lowest BCUT2D eigenvalue weighted by Crippen LogP contribution is -2.60.